The van der Waals surface area contributed by atoms with Gasteiger partial charge in [-0.15, -0.1) is 0 Å². The Bertz CT molecular complexity index is 1500. The summed E-state index contributed by atoms with van der Waals surface area (Å²) < 4.78 is 9.50. The predicted octanol–water partition coefficient (Wildman–Crippen LogP) is 3.65. The van der Waals surface area contributed by atoms with Crippen LogP contribution >= 0.6 is 11.3 Å². The van der Waals surface area contributed by atoms with Gasteiger partial charge in [-0.25, -0.2) is 9.67 Å². The molecule has 0 aliphatic rings. The van der Waals surface area contributed by atoms with Crippen molar-refractivity contribution < 1.29 is 4.74 Å². The van der Waals surface area contributed by atoms with Crippen molar-refractivity contribution >= 4 is 22.4 Å². The summed E-state index contributed by atoms with van der Waals surface area (Å²) in [5.41, 5.74) is 4.45. The Kier molecular flexibility index (Phi) is 5.28. The zero-order valence-electron chi connectivity index (χ0n) is 17.7. The number of benzene rings is 2. The molecule has 7 nitrogen and oxygen atoms in total. The number of hydrogen-bond acceptors (Lipinski definition) is 6. The summed E-state index contributed by atoms with van der Waals surface area (Å²) in [4.78, 5) is 17.4. The van der Waals surface area contributed by atoms with Crippen molar-refractivity contribution in [2.24, 2.45) is 0 Å². The molecule has 0 saturated heterocycles. The molecule has 0 unspecified atom stereocenters. The molecule has 0 aliphatic carbocycles. The standard InChI is InChI=1S/C24H21N5O2S/c1-3-11-31-19-9-10-20(16(2)12-19)22-17(14-28(27-22)18-7-5-4-6-8-18)13-21-23(30)29-24(32-21)25-15-26-29/h4-10,12-15H,3,11H2,1-2H3/b21-13-. The first-order chi connectivity index (χ1) is 15.6. The van der Waals surface area contributed by atoms with E-state index in [9.17, 15) is 4.79 Å². The van der Waals surface area contributed by atoms with E-state index in [4.69, 9.17) is 9.84 Å². The van der Waals surface area contributed by atoms with Crippen LogP contribution in [0.1, 0.15) is 24.5 Å². The Morgan fingerprint density at radius 2 is 2.00 bits per heavy atom. The number of ether oxygens (including phenoxy) is 1. The van der Waals surface area contributed by atoms with Gasteiger partial charge in [0.05, 0.1) is 16.8 Å². The van der Waals surface area contributed by atoms with E-state index in [1.807, 2.05) is 72.4 Å². The van der Waals surface area contributed by atoms with Gasteiger partial charge in [-0.1, -0.05) is 36.5 Å². The van der Waals surface area contributed by atoms with Crippen LogP contribution < -0.4 is 14.8 Å². The first-order valence-corrected chi connectivity index (χ1v) is 11.2. The Morgan fingerprint density at radius 3 is 2.75 bits per heavy atom. The average Bonchev–Trinajstić information content (AvgIpc) is 3.51. The van der Waals surface area contributed by atoms with Crippen molar-refractivity contribution in [2.75, 3.05) is 6.61 Å². The molecule has 160 valence electrons. The first kappa shape index (κ1) is 20.1. The smallest absolute Gasteiger partial charge is 0.291 e. The van der Waals surface area contributed by atoms with E-state index >= 15 is 0 Å². The summed E-state index contributed by atoms with van der Waals surface area (Å²) >= 11 is 1.31. The fraction of sp³-hybridized carbons (Fsp3) is 0.167. The lowest BCUT2D eigenvalue weighted by molar-refractivity contribution is 0.317. The molecule has 8 heteroatoms. The second-order valence-electron chi connectivity index (χ2n) is 7.41. The number of aromatic nitrogens is 5. The predicted molar refractivity (Wildman–Crippen MR) is 125 cm³/mol. The normalized spacial score (nSPS) is 12.0. The molecule has 0 fully saturated rings. The third kappa shape index (κ3) is 3.69. The zero-order valence-corrected chi connectivity index (χ0v) is 18.5. The van der Waals surface area contributed by atoms with Crippen LogP contribution in [0.15, 0.2) is 65.8 Å². The first-order valence-electron chi connectivity index (χ1n) is 10.4. The number of fused-ring (bicyclic) bond motifs is 1. The minimum atomic E-state index is -0.180. The molecule has 2 aromatic carbocycles. The molecule has 3 heterocycles. The summed E-state index contributed by atoms with van der Waals surface area (Å²) in [6.45, 7) is 4.81. The van der Waals surface area contributed by atoms with Crippen LogP contribution in [0.3, 0.4) is 0 Å². The van der Waals surface area contributed by atoms with Crippen LogP contribution in [0.4, 0.5) is 0 Å². The summed E-state index contributed by atoms with van der Waals surface area (Å²) in [6, 6.07) is 15.9. The highest BCUT2D eigenvalue weighted by molar-refractivity contribution is 7.15. The Balaban J connectivity index is 1.67. The lowest BCUT2D eigenvalue weighted by atomic mass is 10.0. The number of para-hydroxylation sites is 1. The molecule has 0 N–H and O–H groups in total. The fourth-order valence-corrected chi connectivity index (χ4v) is 4.42. The highest BCUT2D eigenvalue weighted by Crippen LogP contribution is 2.30. The highest BCUT2D eigenvalue weighted by Gasteiger charge is 2.15. The van der Waals surface area contributed by atoms with Gasteiger partial charge in [0.1, 0.15) is 17.8 Å². The number of aryl methyl sites for hydroxylation is 1. The van der Waals surface area contributed by atoms with Crippen LogP contribution in [-0.4, -0.2) is 31.0 Å². The van der Waals surface area contributed by atoms with Crippen molar-refractivity contribution in [1.29, 1.82) is 0 Å². The number of nitrogens with zero attached hydrogens (tertiary/aromatic N) is 5. The van der Waals surface area contributed by atoms with E-state index in [0.717, 1.165) is 40.2 Å². The second kappa shape index (κ2) is 8.39. The maximum absolute atomic E-state index is 12.7. The third-order valence-electron chi connectivity index (χ3n) is 5.10. The summed E-state index contributed by atoms with van der Waals surface area (Å²) in [5.74, 6) is 0.841. The van der Waals surface area contributed by atoms with Crippen LogP contribution in [0.5, 0.6) is 5.75 Å². The van der Waals surface area contributed by atoms with Gasteiger partial charge in [-0.3, -0.25) is 4.79 Å². The van der Waals surface area contributed by atoms with Gasteiger partial charge in [0.15, 0.2) is 0 Å². The lowest BCUT2D eigenvalue weighted by Gasteiger charge is -2.09. The van der Waals surface area contributed by atoms with Gasteiger partial charge >= 0.3 is 0 Å². The molecule has 0 saturated carbocycles. The minimum absolute atomic E-state index is 0.180. The molecule has 0 aliphatic heterocycles. The fourth-order valence-electron chi connectivity index (χ4n) is 3.55. The topological polar surface area (TPSA) is 74.3 Å². The maximum Gasteiger partial charge on any atom is 0.291 e. The van der Waals surface area contributed by atoms with Gasteiger partial charge < -0.3 is 4.74 Å². The molecule has 0 spiro atoms. The van der Waals surface area contributed by atoms with Crippen molar-refractivity contribution in [3.8, 4) is 22.7 Å². The van der Waals surface area contributed by atoms with Crippen LogP contribution in [0, 0.1) is 6.92 Å². The molecule has 0 radical (unpaired) electrons. The lowest BCUT2D eigenvalue weighted by Crippen LogP contribution is -2.23. The van der Waals surface area contributed by atoms with Gasteiger partial charge in [0, 0.05) is 17.3 Å². The van der Waals surface area contributed by atoms with Crippen LogP contribution in [0.2, 0.25) is 0 Å². The molecule has 5 aromatic rings. The van der Waals surface area contributed by atoms with Crippen molar-refractivity contribution in [1.82, 2.24) is 24.4 Å². The van der Waals surface area contributed by atoms with Gasteiger partial charge in [0.2, 0.25) is 4.96 Å². The minimum Gasteiger partial charge on any atom is -0.494 e. The van der Waals surface area contributed by atoms with Crippen molar-refractivity contribution in [3.63, 3.8) is 0 Å². The number of rotatable bonds is 6. The third-order valence-corrected chi connectivity index (χ3v) is 6.07. The molecule has 32 heavy (non-hydrogen) atoms. The van der Waals surface area contributed by atoms with Gasteiger partial charge in [-0.05, 0) is 55.3 Å². The van der Waals surface area contributed by atoms with E-state index < -0.39 is 0 Å². The summed E-state index contributed by atoms with van der Waals surface area (Å²) in [7, 11) is 0. The van der Waals surface area contributed by atoms with E-state index in [0.29, 0.717) is 16.1 Å². The summed E-state index contributed by atoms with van der Waals surface area (Å²) in [5, 5.41) is 8.89. The van der Waals surface area contributed by atoms with E-state index in [-0.39, 0.29) is 5.56 Å². The van der Waals surface area contributed by atoms with Gasteiger partial charge in [-0.2, -0.15) is 14.7 Å². The molecule has 0 bridgehead atoms. The summed E-state index contributed by atoms with van der Waals surface area (Å²) in [6.07, 6.45) is 6.16. The number of thiazole rings is 1. The Labute approximate surface area is 188 Å². The Hall–Kier alpha value is -3.78. The SMILES string of the molecule is CCCOc1ccc(-c2nn(-c3ccccc3)cc2/C=c2\sc3ncnn3c2=O)c(C)c1. The maximum atomic E-state index is 12.7. The van der Waals surface area contributed by atoms with E-state index in [2.05, 4.69) is 17.0 Å². The van der Waals surface area contributed by atoms with Crippen molar-refractivity contribution in [3.05, 3.63) is 87.1 Å². The Morgan fingerprint density at radius 1 is 1.16 bits per heavy atom. The molecule has 0 amide bonds. The van der Waals surface area contributed by atoms with E-state index in [1.54, 1.807) is 0 Å². The van der Waals surface area contributed by atoms with E-state index in [1.165, 1.54) is 22.2 Å². The highest BCUT2D eigenvalue weighted by atomic mass is 32.1. The number of hydrogen-bond donors (Lipinski definition) is 0. The molecule has 0 atom stereocenters. The second-order valence-corrected chi connectivity index (χ2v) is 8.42. The molecular weight excluding hydrogens is 422 g/mol. The zero-order chi connectivity index (χ0) is 22.1. The van der Waals surface area contributed by atoms with Crippen LogP contribution in [0.25, 0.3) is 28.0 Å². The van der Waals surface area contributed by atoms with Gasteiger partial charge in [0.25, 0.3) is 5.56 Å². The quantitative estimate of drug-likeness (QED) is 0.401. The molecule has 5 rings (SSSR count). The molecular formula is C24H21N5O2S. The van der Waals surface area contributed by atoms with Crippen molar-refractivity contribution in [2.45, 2.75) is 20.3 Å². The largest absolute Gasteiger partial charge is 0.494 e. The average molecular weight is 444 g/mol. The monoisotopic (exact) mass is 443 g/mol. The molecule has 3 aromatic heterocycles. The van der Waals surface area contributed by atoms with Crippen LogP contribution in [-0.2, 0) is 0 Å².